The van der Waals surface area contributed by atoms with Gasteiger partial charge in [-0.15, -0.1) is 5.10 Å². The fourth-order valence-electron chi connectivity index (χ4n) is 3.18. The topological polar surface area (TPSA) is 27.1 Å². The van der Waals surface area contributed by atoms with Crippen molar-refractivity contribution in [1.29, 1.82) is 0 Å². The Kier molecular flexibility index (Phi) is 5.89. The van der Waals surface area contributed by atoms with Gasteiger partial charge >= 0.3 is 0 Å². The van der Waals surface area contributed by atoms with Crippen molar-refractivity contribution in [2.75, 3.05) is 7.11 Å². The van der Waals surface area contributed by atoms with Crippen molar-refractivity contribution >= 4 is 0 Å². The third-order valence-corrected chi connectivity index (χ3v) is 4.67. The highest BCUT2D eigenvalue weighted by Crippen LogP contribution is 2.20. The standard InChI is InChI=1S/C22H26N2O/c1-18(24-16-15-22(23-24)25-2)9-8-14-20-12-6-7-13-21(20)17-19-10-4-3-5-11-19/h3-7,10-13,15-16,18H,8-9,14,17H2,1-2H3. The number of hydrogen-bond acceptors (Lipinski definition) is 2. The van der Waals surface area contributed by atoms with E-state index in [0.29, 0.717) is 11.9 Å². The SMILES string of the molecule is COc1ccn(C(C)CCCc2ccccc2Cc2ccccc2)n1. The van der Waals surface area contributed by atoms with Crippen molar-refractivity contribution in [1.82, 2.24) is 9.78 Å². The third kappa shape index (κ3) is 4.72. The van der Waals surface area contributed by atoms with Crippen LogP contribution in [0.15, 0.2) is 66.9 Å². The van der Waals surface area contributed by atoms with Crippen molar-refractivity contribution < 1.29 is 4.74 Å². The Bertz CT molecular complexity index is 779. The Balaban J connectivity index is 1.58. The molecule has 3 aromatic rings. The predicted molar refractivity (Wildman–Crippen MR) is 102 cm³/mol. The number of benzene rings is 2. The van der Waals surface area contributed by atoms with Gasteiger partial charge in [-0.1, -0.05) is 54.6 Å². The van der Waals surface area contributed by atoms with Crippen LogP contribution in [0.5, 0.6) is 5.88 Å². The zero-order chi connectivity index (χ0) is 17.5. The Morgan fingerprint density at radius 1 is 0.960 bits per heavy atom. The summed E-state index contributed by atoms with van der Waals surface area (Å²) in [5, 5.41) is 4.42. The molecule has 0 N–H and O–H groups in total. The molecule has 0 aliphatic carbocycles. The van der Waals surface area contributed by atoms with Gasteiger partial charge in [-0.3, -0.25) is 4.68 Å². The lowest BCUT2D eigenvalue weighted by molar-refractivity contribution is 0.373. The highest BCUT2D eigenvalue weighted by molar-refractivity contribution is 5.32. The molecule has 0 saturated carbocycles. The second-order valence-corrected chi connectivity index (χ2v) is 6.51. The molecule has 1 heterocycles. The molecular formula is C22H26N2O. The molecule has 0 spiro atoms. The second-order valence-electron chi connectivity index (χ2n) is 6.51. The second kappa shape index (κ2) is 8.52. The van der Waals surface area contributed by atoms with Crippen LogP contribution in [0.4, 0.5) is 0 Å². The monoisotopic (exact) mass is 334 g/mol. The summed E-state index contributed by atoms with van der Waals surface area (Å²) in [5.74, 6) is 0.681. The van der Waals surface area contributed by atoms with Crippen LogP contribution in [0.2, 0.25) is 0 Å². The van der Waals surface area contributed by atoms with Crippen LogP contribution in [-0.2, 0) is 12.8 Å². The molecule has 1 aromatic heterocycles. The average molecular weight is 334 g/mol. The zero-order valence-corrected chi connectivity index (χ0v) is 15.1. The smallest absolute Gasteiger partial charge is 0.232 e. The summed E-state index contributed by atoms with van der Waals surface area (Å²) in [5.41, 5.74) is 4.26. The molecule has 0 radical (unpaired) electrons. The van der Waals surface area contributed by atoms with Crippen LogP contribution in [0.3, 0.4) is 0 Å². The van der Waals surface area contributed by atoms with Gasteiger partial charge in [0, 0.05) is 18.3 Å². The zero-order valence-electron chi connectivity index (χ0n) is 15.1. The van der Waals surface area contributed by atoms with E-state index in [1.165, 1.54) is 16.7 Å². The van der Waals surface area contributed by atoms with Gasteiger partial charge in [0.15, 0.2) is 0 Å². The average Bonchev–Trinajstić information content (AvgIpc) is 3.13. The Labute approximate surface area is 150 Å². The van der Waals surface area contributed by atoms with E-state index >= 15 is 0 Å². The van der Waals surface area contributed by atoms with Crippen molar-refractivity contribution in [3.63, 3.8) is 0 Å². The van der Waals surface area contributed by atoms with Gasteiger partial charge in [-0.05, 0) is 49.3 Å². The van der Waals surface area contributed by atoms with E-state index in [4.69, 9.17) is 4.74 Å². The maximum absolute atomic E-state index is 5.16. The number of ether oxygens (including phenoxy) is 1. The fourth-order valence-corrected chi connectivity index (χ4v) is 3.18. The fraction of sp³-hybridized carbons (Fsp3) is 0.318. The van der Waals surface area contributed by atoms with Gasteiger partial charge in [0.05, 0.1) is 7.11 Å². The van der Waals surface area contributed by atoms with Gasteiger partial charge in [-0.25, -0.2) is 0 Å². The quantitative estimate of drug-likeness (QED) is 0.575. The summed E-state index contributed by atoms with van der Waals surface area (Å²) in [7, 11) is 1.65. The van der Waals surface area contributed by atoms with E-state index in [1.54, 1.807) is 7.11 Å². The van der Waals surface area contributed by atoms with E-state index in [2.05, 4.69) is 66.6 Å². The van der Waals surface area contributed by atoms with E-state index in [1.807, 2.05) is 16.9 Å². The largest absolute Gasteiger partial charge is 0.480 e. The molecule has 3 rings (SSSR count). The molecule has 25 heavy (non-hydrogen) atoms. The molecule has 2 aromatic carbocycles. The van der Waals surface area contributed by atoms with Gasteiger partial charge in [0.1, 0.15) is 0 Å². The van der Waals surface area contributed by atoms with Crippen molar-refractivity contribution in [3.8, 4) is 5.88 Å². The Morgan fingerprint density at radius 2 is 1.68 bits per heavy atom. The molecule has 3 nitrogen and oxygen atoms in total. The summed E-state index contributed by atoms with van der Waals surface area (Å²) in [6, 6.07) is 21.8. The molecular weight excluding hydrogens is 308 g/mol. The molecule has 0 aliphatic heterocycles. The number of methoxy groups -OCH3 is 1. The maximum atomic E-state index is 5.16. The van der Waals surface area contributed by atoms with Crippen LogP contribution in [0, 0.1) is 0 Å². The first-order chi connectivity index (χ1) is 12.3. The molecule has 3 heteroatoms. The summed E-state index contributed by atoms with van der Waals surface area (Å²) >= 11 is 0. The highest BCUT2D eigenvalue weighted by Gasteiger charge is 2.08. The maximum Gasteiger partial charge on any atom is 0.232 e. The normalized spacial score (nSPS) is 12.1. The number of rotatable bonds is 8. The summed E-state index contributed by atoms with van der Waals surface area (Å²) in [6.45, 7) is 2.21. The van der Waals surface area contributed by atoms with E-state index in [9.17, 15) is 0 Å². The van der Waals surface area contributed by atoms with Crippen LogP contribution >= 0.6 is 0 Å². The molecule has 0 amide bonds. The van der Waals surface area contributed by atoms with Gasteiger partial charge < -0.3 is 4.74 Å². The molecule has 0 fully saturated rings. The molecule has 0 aliphatic rings. The van der Waals surface area contributed by atoms with Crippen molar-refractivity contribution in [2.45, 2.75) is 38.6 Å². The van der Waals surface area contributed by atoms with Gasteiger partial charge in [0.25, 0.3) is 0 Å². The van der Waals surface area contributed by atoms with E-state index < -0.39 is 0 Å². The molecule has 0 saturated heterocycles. The summed E-state index contributed by atoms with van der Waals surface area (Å²) in [4.78, 5) is 0. The lowest BCUT2D eigenvalue weighted by atomic mass is 9.96. The van der Waals surface area contributed by atoms with Crippen LogP contribution in [0.1, 0.15) is 42.5 Å². The highest BCUT2D eigenvalue weighted by atomic mass is 16.5. The first-order valence-electron chi connectivity index (χ1n) is 8.96. The van der Waals surface area contributed by atoms with Crippen molar-refractivity contribution in [2.24, 2.45) is 0 Å². The van der Waals surface area contributed by atoms with Crippen molar-refractivity contribution in [3.05, 3.63) is 83.6 Å². The minimum Gasteiger partial charge on any atom is -0.480 e. The number of aryl methyl sites for hydroxylation is 1. The molecule has 1 unspecified atom stereocenters. The Hall–Kier alpha value is -2.55. The van der Waals surface area contributed by atoms with E-state index in [-0.39, 0.29) is 0 Å². The Morgan fingerprint density at radius 3 is 2.40 bits per heavy atom. The van der Waals surface area contributed by atoms with Crippen LogP contribution in [0.25, 0.3) is 0 Å². The minimum atomic E-state index is 0.380. The van der Waals surface area contributed by atoms with Crippen LogP contribution in [-0.4, -0.2) is 16.9 Å². The summed E-state index contributed by atoms with van der Waals surface area (Å²) < 4.78 is 7.15. The third-order valence-electron chi connectivity index (χ3n) is 4.67. The lowest BCUT2D eigenvalue weighted by Crippen LogP contribution is -2.07. The first-order valence-corrected chi connectivity index (χ1v) is 8.96. The van der Waals surface area contributed by atoms with Gasteiger partial charge in [0.2, 0.25) is 5.88 Å². The first kappa shape index (κ1) is 17.3. The summed E-state index contributed by atoms with van der Waals surface area (Å²) in [6.07, 6.45) is 6.35. The minimum absolute atomic E-state index is 0.380. The predicted octanol–water partition coefficient (Wildman–Crippen LogP) is 5.07. The van der Waals surface area contributed by atoms with E-state index in [0.717, 1.165) is 25.7 Å². The number of nitrogens with zero attached hydrogens (tertiary/aromatic N) is 2. The molecule has 1 atom stereocenters. The molecule has 130 valence electrons. The number of hydrogen-bond donors (Lipinski definition) is 0. The molecule has 0 bridgehead atoms. The lowest BCUT2D eigenvalue weighted by Gasteiger charge is -2.13. The number of aromatic nitrogens is 2. The van der Waals surface area contributed by atoms with Gasteiger partial charge in [-0.2, -0.15) is 0 Å². The van der Waals surface area contributed by atoms with Crippen LogP contribution < -0.4 is 4.74 Å².